The topological polar surface area (TPSA) is 79.2 Å². The summed E-state index contributed by atoms with van der Waals surface area (Å²) in [5.41, 5.74) is 0.0962. The first-order valence-corrected chi connectivity index (χ1v) is 8.24. The van der Waals surface area contributed by atoms with E-state index in [1.807, 2.05) is 60.7 Å². The molecule has 2 atom stereocenters. The molecular weight excluding hydrogens is 332 g/mol. The second kappa shape index (κ2) is 7.00. The van der Waals surface area contributed by atoms with Crippen molar-refractivity contribution in [3.05, 3.63) is 71.8 Å². The number of aliphatic imine (C=N–C) groups is 1. The monoisotopic (exact) mass is 352 g/mol. The maximum atomic E-state index is 12.1. The fourth-order valence-electron chi connectivity index (χ4n) is 3.26. The van der Waals surface area contributed by atoms with Crippen LogP contribution >= 0.6 is 0 Å². The summed E-state index contributed by atoms with van der Waals surface area (Å²) in [4.78, 5) is 30.4. The molecule has 1 aliphatic rings. The zero-order chi connectivity index (χ0) is 18.7. The molecule has 0 aromatic heterocycles. The molecule has 0 radical (unpaired) electrons. The maximum Gasteiger partial charge on any atom is 0.333 e. The second-order valence-electron chi connectivity index (χ2n) is 6.27. The van der Waals surface area contributed by atoms with Crippen LogP contribution in [0.2, 0.25) is 0 Å². The average Bonchev–Trinajstić information content (AvgIpc) is 2.96. The lowest BCUT2D eigenvalue weighted by Gasteiger charge is -2.33. The Bertz CT molecular complexity index is 835. The molecule has 134 valence electrons. The maximum absolute atomic E-state index is 12.1. The molecular formula is C20H20N2O4. The van der Waals surface area contributed by atoms with Gasteiger partial charge in [-0.2, -0.15) is 0 Å². The van der Waals surface area contributed by atoms with E-state index in [2.05, 4.69) is 4.99 Å². The van der Waals surface area contributed by atoms with Gasteiger partial charge in [0.25, 0.3) is 0 Å². The van der Waals surface area contributed by atoms with E-state index in [0.29, 0.717) is 5.84 Å². The number of carbonyl (C=O) groups is 2. The van der Waals surface area contributed by atoms with Crippen LogP contribution < -0.4 is 0 Å². The summed E-state index contributed by atoms with van der Waals surface area (Å²) in [6.45, 7) is 1.49. The third-order valence-electron chi connectivity index (χ3n) is 4.56. The van der Waals surface area contributed by atoms with Crippen LogP contribution in [0.1, 0.15) is 24.1 Å². The van der Waals surface area contributed by atoms with Crippen molar-refractivity contribution in [3.63, 3.8) is 0 Å². The second-order valence-corrected chi connectivity index (χ2v) is 6.27. The molecule has 6 heteroatoms. The third-order valence-corrected chi connectivity index (χ3v) is 4.56. The zero-order valence-electron chi connectivity index (χ0n) is 14.6. The van der Waals surface area contributed by atoms with Gasteiger partial charge < -0.3 is 14.7 Å². The van der Waals surface area contributed by atoms with Crippen molar-refractivity contribution < 1.29 is 19.4 Å². The summed E-state index contributed by atoms with van der Waals surface area (Å²) in [6, 6.07) is 17.9. The van der Waals surface area contributed by atoms with Gasteiger partial charge in [-0.3, -0.25) is 4.79 Å². The number of esters is 1. The first kappa shape index (κ1) is 17.7. The molecule has 1 N–H and O–H groups in total. The smallest absolute Gasteiger partial charge is 0.333 e. The van der Waals surface area contributed by atoms with Gasteiger partial charge in [0.1, 0.15) is 12.4 Å². The number of benzene rings is 2. The number of rotatable bonds is 5. The van der Waals surface area contributed by atoms with Crippen molar-refractivity contribution in [3.8, 4) is 0 Å². The summed E-state index contributed by atoms with van der Waals surface area (Å²) < 4.78 is 4.83. The van der Waals surface area contributed by atoms with Crippen molar-refractivity contribution in [2.24, 2.45) is 4.99 Å². The van der Waals surface area contributed by atoms with E-state index < -0.39 is 23.5 Å². The molecule has 0 amide bonds. The van der Waals surface area contributed by atoms with Gasteiger partial charge in [-0.25, -0.2) is 9.79 Å². The quantitative estimate of drug-likeness (QED) is 0.837. The molecule has 6 nitrogen and oxygen atoms in total. The van der Waals surface area contributed by atoms with E-state index in [1.54, 1.807) is 11.8 Å². The van der Waals surface area contributed by atoms with Crippen LogP contribution in [-0.4, -0.2) is 47.0 Å². The molecule has 3 rings (SSSR count). The number of methoxy groups -OCH3 is 1. The van der Waals surface area contributed by atoms with Gasteiger partial charge in [0.05, 0.1) is 13.2 Å². The van der Waals surface area contributed by atoms with Gasteiger partial charge in [-0.1, -0.05) is 60.7 Å². The van der Waals surface area contributed by atoms with Gasteiger partial charge in [0.2, 0.25) is 0 Å². The van der Waals surface area contributed by atoms with Crippen molar-refractivity contribution in [1.29, 1.82) is 0 Å². The van der Waals surface area contributed by atoms with E-state index >= 15 is 0 Å². The zero-order valence-corrected chi connectivity index (χ0v) is 14.6. The number of hydrogen-bond acceptors (Lipinski definition) is 5. The highest BCUT2D eigenvalue weighted by atomic mass is 16.5. The number of nitrogens with zero attached hydrogens (tertiary/aromatic N) is 2. The van der Waals surface area contributed by atoms with E-state index in [0.717, 1.165) is 11.1 Å². The van der Waals surface area contributed by atoms with Gasteiger partial charge in [-0.05, 0) is 12.5 Å². The lowest BCUT2D eigenvalue weighted by Crippen LogP contribution is -2.45. The summed E-state index contributed by atoms with van der Waals surface area (Å²) >= 11 is 0. The molecule has 0 fully saturated rings. The van der Waals surface area contributed by atoms with Crippen LogP contribution in [0.5, 0.6) is 0 Å². The molecule has 0 spiro atoms. The highest BCUT2D eigenvalue weighted by molar-refractivity contribution is 6.04. The summed E-state index contributed by atoms with van der Waals surface area (Å²) in [5.74, 6) is -1.04. The van der Waals surface area contributed by atoms with E-state index in [-0.39, 0.29) is 6.54 Å². The Morgan fingerprint density at radius 3 is 2.23 bits per heavy atom. The lowest BCUT2D eigenvalue weighted by molar-refractivity contribution is -0.146. The van der Waals surface area contributed by atoms with Gasteiger partial charge in [0.15, 0.2) is 5.54 Å². The number of ether oxygens (including phenoxy) is 1. The predicted molar refractivity (Wildman–Crippen MR) is 96.9 cm³/mol. The van der Waals surface area contributed by atoms with Crippen LogP contribution in [0.25, 0.3) is 0 Å². The molecule has 1 aliphatic heterocycles. The Kier molecular flexibility index (Phi) is 4.75. The molecule has 0 saturated carbocycles. The number of amidine groups is 1. The van der Waals surface area contributed by atoms with Gasteiger partial charge in [0, 0.05) is 5.56 Å². The summed E-state index contributed by atoms with van der Waals surface area (Å²) in [6.07, 6.45) is 0. The van der Waals surface area contributed by atoms with Crippen LogP contribution in [-0.2, 0) is 14.3 Å². The van der Waals surface area contributed by atoms with Crippen LogP contribution in [0.3, 0.4) is 0 Å². The number of carbonyl (C=O) groups excluding carboxylic acids is 1. The molecule has 2 aromatic rings. The fraction of sp³-hybridized carbons (Fsp3) is 0.250. The van der Waals surface area contributed by atoms with E-state index in [4.69, 9.17) is 4.74 Å². The normalized spacial score (nSPS) is 22.0. The minimum absolute atomic E-state index is 0.0906. The Balaban J connectivity index is 2.16. The van der Waals surface area contributed by atoms with E-state index in [9.17, 15) is 14.7 Å². The van der Waals surface area contributed by atoms with E-state index in [1.165, 1.54) is 7.11 Å². The van der Waals surface area contributed by atoms with Crippen molar-refractivity contribution >= 4 is 17.8 Å². The molecule has 2 aromatic carbocycles. The molecule has 26 heavy (non-hydrogen) atoms. The molecule has 0 saturated heterocycles. The SMILES string of the molecule is COC(=O)CN1C(c2ccccc2)=N[C@](C)(C(=O)O)C1c1ccccc1. The Hall–Kier alpha value is -3.15. The highest BCUT2D eigenvalue weighted by Gasteiger charge is 2.52. The van der Waals surface area contributed by atoms with Gasteiger partial charge >= 0.3 is 11.9 Å². The fourth-order valence-corrected chi connectivity index (χ4v) is 3.26. The average molecular weight is 352 g/mol. The Morgan fingerprint density at radius 1 is 1.12 bits per heavy atom. The van der Waals surface area contributed by atoms with Crippen LogP contribution in [0, 0.1) is 0 Å². The van der Waals surface area contributed by atoms with Gasteiger partial charge in [-0.15, -0.1) is 0 Å². The van der Waals surface area contributed by atoms with Crippen LogP contribution in [0.4, 0.5) is 0 Å². The minimum atomic E-state index is -1.43. The first-order valence-electron chi connectivity index (χ1n) is 8.24. The van der Waals surface area contributed by atoms with Crippen molar-refractivity contribution in [1.82, 2.24) is 4.90 Å². The number of carboxylic acids is 1. The summed E-state index contributed by atoms with van der Waals surface area (Å²) in [5, 5.41) is 9.93. The first-order chi connectivity index (χ1) is 12.5. The minimum Gasteiger partial charge on any atom is -0.479 e. The number of hydrogen-bond donors (Lipinski definition) is 1. The predicted octanol–water partition coefficient (Wildman–Crippen LogP) is 2.51. The Morgan fingerprint density at radius 2 is 1.69 bits per heavy atom. The largest absolute Gasteiger partial charge is 0.479 e. The number of aliphatic carboxylic acids is 1. The highest BCUT2D eigenvalue weighted by Crippen LogP contribution is 2.41. The van der Waals surface area contributed by atoms with Crippen LogP contribution in [0.15, 0.2) is 65.7 Å². The number of carboxylic acid groups (broad SMARTS) is 1. The molecule has 1 heterocycles. The molecule has 0 bridgehead atoms. The Labute approximate surface area is 151 Å². The third kappa shape index (κ3) is 3.06. The molecule has 1 unspecified atom stereocenters. The standard InChI is InChI=1S/C20H20N2O4/c1-20(19(24)25)17(14-9-5-3-6-10-14)22(13-16(23)26-2)18(21-20)15-11-7-4-8-12-15/h3-12,17H,13H2,1-2H3,(H,24,25)/t17?,20-/m0/s1. The summed E-state index contributed by atoms with van der Waals surface area (Å²) in [7, 11) is 1.31. The van der Waals surface area contributed by atoms with Crippen molar-refractivity contribution in [2.75, 3.05) is 13.7 Å². The van der Waals surface area contributed by atoms with Crippen molar-refractivity contribution in [2.45, 2.75) is 18.5 Å². The molecule has 0 aliphatic carbocycles. The lowest BCUT2D eigenvalue weighted by atomic mass is 9.87.